The van der Waals surface area contributed by atoms with Crippen molar-refractivity contribution in [3.05, 3.63) is 16.8 Å². The Kier molecular flexibility index (Phi) is 7.29. The molecular formula is C22H33N5O3. The van der Waals surface area contributed by atoms with Gasteiger partial charge in [0.1, 0.15) is 0 Å². The second-order valence-corrected chi connectivity index (χ2v) is 8.03. The van der Waals surface area contributed by atoms with Crippen molar-refractivity contribution in [2.24, 2.45) is 7.05 Å². The van der Waals surface area contributed by atoms with Crippen LogP contribution in [0.1, 0.15) is 55.3 Å². The van der Waals surface area contributed by atoms with Crippen LogP contribution < -0.4 is 10.1 Å². The van der Waals surface area contributed by atoms with Crippen LogP contribution in [-0.2, 0) is 23.1 Å². The number of carbonyl (C=O) groups is 2. The first-order valence-electron chi connectivity index (χ1n) is 10.8. The average molecular weight is 416 g/mol. The molecule has 8 nitrogen and oxygen atoms in total. The fraction of sp³-hybridized carbons (Fsp3) is 0.636. The molecule has 0 spiro atoms. The van der Waals surface area contributed by atoms with Crippen molar-refractivity contribution in [1.29, 1.82) is 0 Å². The summed E-state index contributed by atoms with van der Waals surface area (Å²) in [5.41, 5.74) is 3.77. The molecule has 0 aromatic carbocycles. The first-order valence-corrected chi connectivity index (χ1v) is 10.8. The van der Waals surface area contributed by atoms with E-state index in [1.165, 1.54) is 12.8 Å². The van der Waals surface area contributed by atoms with Gasteiger partial charge in [-0.3, -0.25) is 9.59 Å². The number of methoxy groups -OCH3 is 1. The van der Waals surface area contributed by atoms with Crippen molar-refractivity contribution in [2.75, 3.05) is 26.7 Å². The Labute approximate surface area is 178 Å². The van der Waals surface area contributed by atoms with E-state index in [1.54, 1.807) is 11.8 Å². The third kappa shape index (κ3) is 4.91. The van der Waals surface area contributed by atoms with E-state index < -0.39 is 0 Å². The molecule has 2 aromatic rings. The fourth-order valence-corrected chi connectivity index (χ4v) is 4.22. The number of nitrogens with one attached hydrogen (secondary N) is 1. The van der Waals surface area contributed by atoms with Crippen molar-refractivity contribution in [1.82, 2.24) is 25.0 Å². The Morgan fingerprint density at radius 3 is 2.47 bits per heavy atom. The number of pyridine rings is 1. The maximum absolute atomic E-state index is 12.3. The van der Waals surface area contributed by atoms with Gasteiger partial charge < -0.3 is 15.0 Å². The highest BCUT2D eigenvalue weighted by molar-refractivity contribution is 5.86. The number of hydrogen-bond donors (Lipinski definition) is 1. The lowest BCUT2D eigenvalue weighted by atomic mass is 10.00. The van der Waals surface area contributed by atoms with Crippen LogP contribution in [-0.4, -0.2) is 58.2 Å². The number of nitrogens with zero attached hydrogens (tertiary/aromatic N) is 4. The van der Waals surface area contributed by atoms with Gasteiger partial charge in [-0.1, -0.05) is 12.8 Å². The minimum Gasteiger partial charge on any atom is -0.479 e. The molecule has 1 aliphatic heterocycles. The molecular weight excluding hydrogens is 382 g/mol. The van der Waals surface area contributed by atoms with Gasteiger partial charge in [0.15, 0.2) is 5.65 Å². The molecule has 1 N–H and O–H groups in total. The molecule has 0 bridgehead atoms. The Morgan fingerprint density at radius 1 is 1.10 bits per heavy atom. The van der Waals surface area contributed by atoms with Gasteiger partial charge in [0.05, 0.1) is 12.5 Å². The average Bonchev–Trinajstić information content (AvgIpc) is 2.89. The van der Waals surface area contributed by atoms with Gasteiger partial charge >= 0.3 is 0 Å². The number of aromatic nitrogens is 3. The number of aryl methyl sites for hydroxylation is 3. The summed E-state index contributed by atoms with van der Waals surface area (Å²) >= 11 is 0. The second-order valence-electron chi connectivity index (χ2n) is 8.03. The second kappa shape index (κ2) is 9.91. The molecule has 2 aromatic heterocycles. The summed E-state index contributed by atoms with van der Waals surface area (Å²) in [7, 11) is 3.44. The molecule has 8 heteroatoms. The van der Waals surface area contributed by atoms with Crippen LogP contribution in [0.5, 0.6) is 5.88 Å². The molecule has 2 amide bonds. The normalized spacial score (nSPS) is 14.6. The van der Waals surface area contributed by atoms with Gasteiger partial charge in [-0.2, -0.15) is 0 Å². The van der Waals surface area contributed by atoms with Gasteiger partial charge in [-0.05, 0) is 44.2 Å². The van der Waals surface area contributed by atoms with Crippen molar-refractivity contribution in [3.8, 4) is 5.88 Å². The summed E-state index contributed by atoms with van der Waals surface area (Å²) in [6.45, 7) is 6.06. The summed E-state index contributed by atoms with van der Waals surface area (Å²) < 4.78 is 7.11. The highest BCUT2D eigenvalue weighted by atomic mass is 16.5. The maximum atomic E-state index is 12.3. The quantitative estimate of drug-likeness (QED) is 0.750. The van der Waals surface area contributed by atoms with Gasteiger partial charge in [0.2, 0.25) is 17.7 Å². The van der Waals surface area contributed by atoms with Crippen LogP contribution in [0.4, 0.5) is 0 Å². The lowest BCUT2D eigenvalue weighted by Gasteiger charge is -2.20. The molecule has 3 heterocycles. The van der Waals surface area contributed by atoms with E-state index in [0.29, 0.717) is 31.7 Å². The summed E-state index contributed by atoms with van der Waals surface area (Å²) in [5, 5.41) is 8.15. The van der Waals surface area contributed by atoms with Gasteiger partial charge in [0, 0.05) is 45.2 Å². The molecule has 0 atom stereocenters. The van der Waals surface area contributed by atoms with Crippen LogP contribution in [0.15, 0.2) is 0 Å². The summed E-state index contributed by atoms with van der Waals surface area (Å²) in [6.07, 6.45) is 5.87. The molecule has 1 saturated heterocycles. The van der Waals surface area contributed by atoms with Crippen molar-refractivity contribution >= 4 is 22.8 Å². The van der Waals surface area contributed by atoms with Crippen LogP contribution >= 0.6 is 0 Å². The Morgan fingerprint density at radius 2 is 1.80 bits per heavy atom. The number of carbonyl (C=O) groups excluding carboxylic acids is 2. The standard InChI is InChI=1S/C22H33N5O3/c1-15-17(16(2)24-21-20(15)22(30-4)25-26(21)3)9-10-18(28)23-12-11-19(29)27-13-7-5-6-8-14-27/h5-14H2,1-4H3,(H,23,28). The third-order valence-electron chi connectivity index (χ3n) is 5.94. The number of fused-ring (bicyclic) bond motifs is 1. The largest absolute Gasteiger partial charge is 0.479 e. The van der Waals surface area contributed by atoms with E-state index in [4.69, 9.17) is 4.74 Å². The maximum Gasteiger partial charge on any atom is 0.242 e. The molecule has 3 rings (SSSR count). The SMILES string of the molecule is COc1nn(C)c2nc(C)c(CCC(=O)NCCC(=O)N3CCCCCC3)c(C)c12. The van der Waals surface area contributed by atoms with E-state index in [1.807, 2.05) is 25.8 Å². The zero-order valence-corrected chi connectivity index (χ0v) is 18.6. The van der Waals surface area contributed by atoms with Gasteiger partial charge in [0.25, 0.3) is 0 Å². The predicted molar refractivity (Wildman–Crippen MR) is 116 cm³/mol. The highest BCUT2D eigenvalue weighted by Crippen LogP contribution is 2.30. The zero-order chi connectivity index (χ0) is 21.7. The molecule has 0 radical (unpaired) electrons. The Bertz CT molecular complexity index is 913. The summed E-state index contributed by atoms with van der Waals surface area (Å²) in [6, 6.07) is 0. The molecule has 30 heavy (non-hydrogen) atoms. The minimum absolute atomic E-state index is 0.0456. The number of rotatable bonds is 7. The highest BCUT2D eigenvalue weighted by Gasteiger charge is 2.19. The molecule has 1 aliphatic rings. The summed E-state index contributed by atoms with van der Waals surface area (Å²) in [4.78, 5) is 31.3. The smallest absolute Gasteiger partial charge is 0.242 e. The third-order valence-corrected chi connectivity index (χ3v) is 5.94. The van der Waals surface area contributed by atoms with E-state index in [-0.39, 0.29) is 11.8 Å². The predicted octanol–water partition coefficient (Wildman–Crippen LogP) is 2.44. The molecule has 0 unspecified atom stereocenters. The lowest BCUT2D eigenvalue weighted by Crippen LogP contribution is -2.35. The van der Waals surface area contributed by atoms with E-state index in [2.05, 4.69) is 15.4 Å². The number of likely N-dealkylation sites (tertiary alicyclic amines) is 1. The molecule has 0 saturated carbocycles. The van der Waals surface area contributed by atoms with E-state index in [0.717, 1.165) is 53.8 Å². The summed E-state index contributed by atoms with van der Waals surface area (Å²) in [5.74, 6) is 0.646. The van der Waals surface area contributed by atoms with Crippen LogP contribution in [0.2, 0.25) is 0 Å². The topological polar surface area (TPSA) is 89.3 Å². The first kappa shape index (κ1) is 22.1. The molecule has 0 aliphatic carbocycles. The van der Waals surface area contributed by atoms with E-state index >= 15 is 0 Å². The first-order chi connectivity index (χ1) is 14.4. The molecule has 1 fully saturated rings. The monoisotopic (exact) mass is 415 g/mol. The molecule has 164 valence electrons. The zero-order valence-electron chi connectivity index (χ0n) is 18.6. The van der Waals surface area contributed by atoms with Crippen LogP contribution in [0.25, 0.3) is 11.0 Å². The van der Waals surface area contributed by atoms with E-state index in [9.17, 15) is 9.59 Å². The minimum atomic E-state index is -0.0456. The van der Waals surface area contributed by atoms with Gasteiger partial charge in [-0.15, -0.1) is 5.10 Å². The Balaban J connectivity index is 1.54. The number of hydrogen-bond acceptors (Lipinski definition) is 5. The van der Waals surface area contributed by atoms with Crippen molar-refractivity contribution < 1.29 is 14.3 Å². The fourth-order valence-electron chi connectivity index (χ4n) is 4.22. The van der Waals surface area contributed by atoms with Gasteiger partial charge in [-0.25, -0.2) is 9.67 Å². The van der Waals surface area contributed by atoms with Crippen LogP contribution in [0.3, 0.4) is 0 Å². The van der Waals surface area contributed by atoms with Crippen molar-refractivity contribution in [2.45, 2.75) is 58.8 Å². The van der Waals surface area contributed by atoms with Crippen molar-refractivity contribution in [3.63, 3.8) is 0 Å². The number of ether oxygens (including phenoxy) is 1. The Hall–Kier alpha value is -2.64. The lowest BCUT2D eigenvalue weighted by molar-refractivity contribution is -0.131. The van der Waals surface area contributed by atoms with Crippen LogP contribution in [0, 0.1) is 13.8 Å². The number of amides is 2.